The Morgan fingerprint density at radius 3 is 2.44 bits per heavy atom. The highest BCUT2D eigenvalue weighted by Crippen LogP contribution is 2.23. The number of hydrogen-bond donors (Lipinski definition) is 2. The Labute approximate surface area is 195 Å². The van der Waals surface area contributed by atoms with Crippen molar-refractivity contribution < 1.29 is 23.1 Å². The zero-order valence-corrected chi connectivity index (χ0v) is 18.4. The van der Waals surface area contributed by atoms with Gasteiger partial charge < -0.3 is 19.8 Å². The second kappa shape index (κ2) is 10.4. The van der Waals surface area contributed by atoms with Gasteiger partial charge >= 0.3 is 0 Å². The number of aryl methyl sites for hydroxylation is 1. The summed E-state index contributed by atoms with van der Waals surface area (Å²) >= 11 is 0. The first-order valence-electron chi connectivity index (χ1n) is 10.6. The van der Waals surface area contributed by atoms with Gasteiger partial charge in [0.2, 0.25) is 5.91 Å². The van der Waals surface area contributed by atoms with Crippen LogP contribution in [-0.2, 0) is 11.2 Å². The van der Waals surface area contributed by atoms with E-state index >= 15 is 0 Å². The van der Waals surface area contributed by atoms with Crippen LogP contribution in [-0.4, -0.2) is 23.9 Å². The van der Waals surface area contributed by atoms with Crippen LogP contribution in [0.5, 0.6) is 5.75 Å². The standard InChI is InChI=1S/C26H22FN3O4/c1-33-22-10-8-17(9-11-22)23-16-28-25(34-23)13-12-24(31)29-20-6-2-4-18(14-20)26(32)30-21-7-3-5-19(27)15-21/h2-11,14-16H,12-13H2,1H3,(H,29,31)(H,30,32). The maximum absolute atomic E-state index is 13.3. The van der Waals surface area contributed by atoms with Crippen LogP contribution < -0.4 is 15.4 Å². The third-order valence-electron chi connectivity index (χ3n) is 4.99. The third-order valence-corrected chi connectivity index (χ3v) is 4.99. The fourth-order valence-electron chi connectivity index (χ4n) is 3.27. The van der Waals surface area contributed by atoms with Crippen LogP contribution in [0.25, 0.3) is 11.3 Å². The number of aromatic nitrogens is 1. The number of anilines is 2. The molecule has 172 valence electrons. The number of benzene rings is 3. The maximum Gasteiger partial charge on any atom is 0.255 e. The molecule has 8 heteroatoms. The van der Waals surface area contributed by atoms with E-state index in [1.54, 1.807) is 43.6 Å². The van der Waals surface area contributed by atoms with E-state index in [-0.39, 0.29) is 12.3 Å². The largest absolute Gasteiger partial charge is 0.497 e. The molecule has 0 aliphatic carbocycles. The predicted molar refractivity (Wildman–Crippen MR) is 126 cm³/mol. The molecular formula is C26H22FN3O4. The Morgan fingerprint density at radius 2 is 1.71 bits per heavy atom. The summed E-state index contributed by atoms with van der Waals surface area (Å²) in [7, 11) is 1.60. The molecule has 34 heavy (non-hydrogen) atoms. The highest BCUT2D eigenvalue weighted by molar-refractivity contribution is 6.05. The summed E-state index contributed by atoms with van der Waals surface area (Å²) in [6.45, 7) is 0. The Bertz CT molecular complexity index is 1300. The quantitative estimate of drug-likeness (QED) is 0.372. The summed E-state index contributed by atoms with van der Waals surface area (Å²) in [4.78, 5) is 29.1. The monoisotopic (exact) mass is 459 g/mol. The van der Waals surface area contributed by atoms with Crippen LogP contribution in [0.3, 0.4) is 0 Å². The number of rotatable bonds is 8. The predicted octanol–water partition coefficient (Wildman–Crippen LogP) is 5.31. The summed E-state index contributed by atoms with van der Waals surface area (Å²) < 4.78 is 24.2. The molecule has 0 bridgehead atoms. The van der Waals surface area contributed by atoms with Crippen LogP contribution >= 0.6 is 0 Å². The van der Waals surface area contributed by atoms with Crippen molar-refractivity contribution in [2.24, 2.45) is 0 Å². The van der Waals surface area contributed by atoms with Crippen molar-refractivity contribution in [2.45, 2.75) is 12.8 Å². The van der Waals surface area contributed by atoms with Crippen LogP contribution in [0, 0.1) is 5.82 Å². The highest BCUT2D eigenvalue weighted by Gasteiger charge is 2.11. The van der Waals surface area contributed by atoms with Crippen molar-refractivity contribution >= 4 is 23.2 Å². The Balaban J connectivity index is 1.32. The molecule has 0 fully saturated rings. The van der Waals surface area contributed by atoms with Crippen LogP contribution in [0.2, 0.25) is 0 Å². The second-order valence-corrected chi connectivity index (χ2v) is 7.44. The van der Waals surface area contributed by atoms with E-state index in [2.05, 4.69) is 15.6 Å². The van der Waals surface area contributed by atoms with E-state index < -0.39 is 11.7 Å². The van der Waals surface area contributed by atoms with Gasteiger partial charge in [-0.2, -0.15) is 0 Å². The molecule has 1 heterocycles. The lowest BCUT2D eigenvalue weighted by Crippen LogP contribution is -2.15. The molecule has 3 aromatic carbocycles. The molecule has 0 aliphatic heterocycles. The normalized spacial score (nSPS) is 10.5. The molecule has 0 radical (unpaired) electrons. The number of carbonyl (C=O) groups is 2. The summed E-state index contributed by atoms with van der Waals surface area (Å²) in [5, 5.41) is 5.40. The smallest absolute Gasteiger partial charge is 0.255 e. The number of halogens is 1. The van der Waals surface area contributed by atoms with Crippen molar-refractivity contribution in [3.8, 4) is 17.1 Å². The summed E-state index contributed by atoms with van der Waals surface area (Å²) in [6.07, 6.45) is 2.10. The van der Waals surface area contributed by atoms with Gasteiger partial charge in [-0.15, -0.1) is 0 Å². The molecule has 1 aromatic heterocycles. The van der Waals surface area contributed by atoms with Crippen LogP contribution in [0.15, 0.2) is 83.4 Å². The van der Waals surface area contributed by atoms with Gasteiger partial charge in [0.25, 0.3) is 5.91 Å². The van der Waals surface area contributed by atoms with E-state index in [1.165, 1.54) is 18.2 Å². The fraction of sp³-hybridized carbons (Fsp3) is 0.115. The minimum Gasteiger partial charge on any atom is -0.497 e. The number of ether oxygens (including phenoxy) is 1. The van der Waals surface area contributed by atoms with E-state index in [1.807, 2.05) is 24.3 Å². The highest BCUT2D eigenvalue weighted by atomic mass is 19.1. The molecule has 0 aliphatic rings. The van der Waals surface area contributed by atoms with Gasteiger partial charge in [-0.05, 0) is 60.7 Å². The molecule has 7 nitrogen and oxygen atoms in total. The lowest BCUT2D eigenvalue weighted by atomic mass is 10.1. The molecule has 4 aromatic rings. The van der Waals surface area contributed by atoms with Crippen molar-refractivity contribution in [2.75, 3.05) is 17.7 Å². The second-order valence-electron chi connectivity index (χ2n) is 7.44. The van der Waals surface area contributed by atoms with E-state index in [4.69, 9.17) is 9.15 Å². The minimum absolute atomic E-state index is 0.155. The molecule has 0 saturated carbocycles. The summed E-state index contributed by atoms with van der Waals surface area (Å²) in [5.41, 5.74) is 2.01. The van der Waals surface area contributed by atoms with Gasteiger partial charge in [-0.25, -0.2) is 9.37 Å². The molecule has 0 spiro atoms. The van der Waals surface area contributed by atoms with Gasteiger partial charge in [0.15, 0.2) is 11.7 Å². The van der Waals surface area contributed by atoms with E-state index in [0.717, 1.165) is 11.3 Å². The average molecular weight is 459 g/mol. The lowest BCUT2D eigenvalue weighted by Gasteiger charge is -2.08. The summed E-state index contributed by atoms with van der Waals surface area (Å²) in [6, 6.07) is 19.5. The van der Waals surface area contributed by atoms with Crippen molar-refractivity contribution in [3.63, 3.8) is 0 Å². The fourth-order valence-corrected chi connectivity index (χ4v) is 3.27. The Kier molecular flexibility index (Phi) is 6.98. The zero-order valence-electron chi connectivity index (χ0n) is 18.4. The molecule has 0 atom stereocenters. The molecule has 0 unspecified atom stereocenters. The SMILES string of the molecule is COc1ccc(-c2cnc(CCC(=O)Nc3cccc(C(=O)Nc4cccc(F)c4)c3)o2)cc1. The maximum atomic E-state index is 13.3. The van der Waals surface area contributed by atoms with Gasteiger partial charge in [0, 0.05) is 35.3 Å². The number of carbonyl (C=O) groups excluding carboxylic acids is 2. The van der Waals surface area contributed by atoms with Gasteiger partial charge in [0.1, 0.15) is 11.6 Å². The van der Waals surface area contributed by atoms with Gasteiger partial charge in [-0.3, -0.25) is 9.59 Å². The van der Waals surface area contributed by atoms with Crippen LogP contribution in [0.1, 0.15) is 22.7 Å². The third kappa shape index (κ3) is 5.86. The summed E-state index contributed by atoms with van der Waals surface area (Å²) in [5.74, 6) is 0.704. The van der Waals surface area contributed by atoms with Crippen molar-refractivity contribution in [1.29, 1.82) is 0 Å². The number of amides is 2. The first kappa shape index (κ1) is 22.7. The average Bonchev–Trinajstić information content (AvgIpc) is 3.32. The molecule has 2 N–H and O–H groups in total. The number of nitrogens with one attached hydrogen (secondary N) is 2. The zero-order chi connectivity index (χ0) is 23.9. The van der Waals surface area contributed by atoms with Crippen molar-refractivity contribution in [1.82, 2.24) is 4.98 Å². The molecule has 2 amide bonds. The van der Waals surface area contributed by atoms with E-state index in [9.17, 15) is 14.0 Å². The number of hydrogen-bond acceptors (Lipinski definition) is 5. The topological polar surface area (TPSA) is 93.5 Å². The van der Waals surface area contributed by atoms with Gasteiger partial charge in [-0.1, -0.05) is 12.1 Å². The van der Waals surface area contributed by atoms with Crippen molar-refractivity contribution in [3.05, 3.63) is 96.3 Å². The Morgan fingerprint density at radius 1 is 0.971 bits per heavy atom. The molecule has 4 rings (SSSR count). The van der Waals surface area contributed by atoms with E-state index in [0.29, 0.717) is 35.0 Å². The first-order chi connectivity index (χ1) is 16.5. The molecule has 0 saturated heterocycles. The minimum atomic E-state index is -0.444. The molecular weight excluding hydrogens is 437 g/mol. The lowest BCUT2D eigenvalue weighted by molar-refractivity contribution is -0.116. The Hall–Kier alpha value is -4.46. The first-order valence-corrected chi connectivity index (χ1v) is 10.6. The number of nitrogens with zero attached hydrogens (tertiary/aromatic N) is 1. The van der Waals surface area contributed by atoms with Crippen LogP contribution in [0.4, 0.5) is 15.8 Å². The van der Waals surface area contributed by atoms with Gasteiger partial charge in [0.05, 0.1) is 13.3 Å². The number of oxazole rings is 1. The number of methoxy groups -OCH3 is 1.